The van der Waals surface area contributed by atoms with Crippen LogP contribution in [0.5, 0.6) is 0 Å². The summed E-state index contributed by atoms with van der Waals surface area (Å²) in [6.45, 7) is 4.13. The van der Waals surface area contributed by atoms with Crippen molar-refractivity contribution in [2.24, 2.45) is 0 Å². The minimum absolute atomic E-state index is 0.0343. The highest BCUT2D eigenvalue weighted by Crippen LogP contribution is 2.25. The third-order valence-electron chi connectivity index (χ3n) is 3.01. The van der Waals surface area contributed by atoms with Crippen LogP contribution in [0.4, 0.5) is 10.1 Å². The molecule has 0 bridgehead atoms. The van der Waals surface area contributed by atoms with E-state index in [-0.39, 0.29) is 11.9 Å². The molecule has 1 N–H and O–H groups in total. The lowest BCUT2D eigenvalue weighted by Gasteiger charge is -2.17. The van der Waals surface area contributed by atoms with Crippen molar-refractivity contribution in [3.05, 3.63) is 58.1 Å². The van der Waals surface area contributed by atoms with E-state index in [1.807, 2.05) is 19.1 Å². The summed E-state index contributed by atoms with van der Waals surface area (Å²) >= 11 is 3.47. The van der Waals surface area contributed by atoms with Crippen molar-refractivity contribution in [2.75, 3.05) is 5.32 Å². The summed E-state index contributed by atoms with van der Waals surface area (Å²) in [5, 5.41) is 3.42. The van der Waals surface area contributed by atoms with Crippen molar-refractivity contribution in [1.82, 2.24) is 4.98 Å². The Bertz CT molecular complexity index is 555. The Morgan fingerprint density at radius 3 is 2.74 bits per heavy atom. The second-order valence-corrected chi connectivity index (χ2v) is 5.34. The van der Waals surface area contributed by atoms with E-state index in [2.05, 4.69) is 39.2 Å². The average Bonchev–Trinajstić information content (AvgIpc) is 2.41. The lowest BCUT2D eigenvalue weighted by Crippen LogP contribution is -2.10. The Hall–Kier alpha value is -1.42. The van der Waals surface area contributed by atoms with Crippen LogP contribution < -0.4 is 5.32 Å². The lowest BCUT2D eigenvalue weighted by molar-refractivity contribution is 0.617. The number of hydrogen-bond acceptors (Lipinski definition) is 2. The molecule has 1 unspecified atom stereocenters. The minimum atomic E-state index is -0.311. The topological polar surface area (TPSA) is 24.9 Å². The molecule has 1 heterocycles. The molecular formula is C15H16BrFN2. The molecule has 0 fully saturated rings. The normalized spacial score (nSPS) is 12.2. The molecule has 0 aliphatic heterocycles. The van der Waals surface area contributed by atoms with Gasteiger partial charge in [-0.1, -0.05) is 22.9 Å². The number of hydrogen-bond donors (Lipinski definition) is 1. The molecule has 2 rings (SSSR count). The number of halogens is 2. The van der Waals surface area contributed by atoms with Gasteiger partial charge < -0.3 is 5.32 Å². The Morgan fingerprint density at radius 2 is 2.11 bits per heavy atom. The molecule has 2 aromatic rings. The van der Waals surface area contributed by atoms with Gasteiger partial charge in [0.1, 0.15) is 5.82 Å². The molecular weight excluding hydrogens is 307 g/mol. The molecule has 1 aromatic heterocycles. The number of rotatable bonds is 4. The average molecular weight is 323 g/mol. The standard InChI is InChI=1S/C15H16BrFN2/c1-3-11-8-12(16)4-6-15(11)19-10(2)14-7-5-13(17)9-18-14/h4-10,19H,3H2,1-2H3. The van der Waals surface area contributed by atoms with E-state index in [1.165, 1.54) is 17.8 Å². The number of pyridine rings is 1. The van der Waals surface area contributed by atoms with Crippen LogP contribution in [0.2, 0.25) is 0 Å². The predicted octanol–water partition coefficient (Wildman–Crippen LogP) is 4.72. The maximum Gasteiger partial charge on any atom is 0.141 e. The van der Waals surface area contributed by atoms with Crippen molar-refractivity contribution in [3.8, 4) is 0 Å². The lowest BCUT2D eigenvalue weighted by atomic mass is 10.1. The predicted molar refractivity (Wildman–Crippen MR) is 79.8 cm³/mol. The van der Waals surface area contributed by atoms with Crippen molar-refractivity contribution in [1.29, 1.82) is 0 Å². The van der Waals surface area contributed by atoms with Gasteiger partial charge in [0.2, 0.25) is 0 Å². The first-order valence-electron chi connectivity index (χ1n) is 6.26. The van der Waals surface area contributed by atoms with Crippen LogP contribution in [0.3, 0.4) is 0 Å². The van der Waals surface area contributed by atoms with Gasteiger partial charge in [0, 0.05) is 10.2 Å². The van der Waals surface area contributed by atoms with E-state index in [9.17, 15) is 4.39 Å². The first kappa shape index (κ1) is 14.0. The van der Waals surface area contributed by atoms with E-state index in [4.69, 9.17) is 0 Å². The molecule has 100 valence electrons. The van der Waals surface area contributed by atoms with Crippen molar-refractivity contribution < 1.29 is 4.39 Å². The van der Waals surface area contributed by atoms with Crippen LogP contribution in [-0.4, -0.2) is 4.98 Å². The summed E-state index contributed by atoms with van der Waals surface area (Å²) in [6.07, 6.45) is 2.20. The molecule has 4 heteroatoms. The summed E-state index contributed by atoms with van der Waals surface area (Å²) in [4.78, 5) is 4.10. The van der Waals surface area contributed by atoms with Gasteiger partial charge in [0.05, 0.1) is 17.9 Å². The van der Waals surface area contributed by atoms with Crippen LogP contribution in [0, 0.1) is 5.82 Å². The molecule has 0 aliphatic rings. The number of aryl methyl sites for hydroxylation is 1. The second-order valence-electron chi connectivity index (χ2n) is 4.42. The monoisotopic (exact) mass is 322 g/mol. The van der Waals surface area contributed by atoms with Crippen LogP contribution in [0.25, 0.3) is 0 Å². The smallest absolute Gasteiger partial charge is 0.141 e. The van der Waals surface area contributed by atoms with Crippen LogP contribution in [-0.2, 0) is 6.42 Å². The Morgan fingerprint density at radius 1 is 1.32 bits per heavy atom. The summed E-state index contributed by atoms with van der Waals surface area (Å²) in [5.74, 6) is -0.311. The van der Waals surface area contributed by atoms with Gasteiger partial charge in [-0.3, -0.25) is 4.98 Å². The number of nitrogens with zero attached hydrogens (tertiary/aromatic N) is 1. The van der Waals surface area contributed by atoms with E-state index in [0.29, 0.717) is 0 Å². The van der Waals surface area contributed by atoms with Gasteiger partial charge in [-0.15, -0.1) is 0 Å². The molecule has 0 radical (unpaired) electrons. The number of benzene rings is 1. The fraction of sp³-hybridized carbons (Fsp3) is 0.267. The maximum atomic E-state index is 12.9. The summed E-state index contributed by atoms with van der Waals surface area (Å²) < 4.78 is 13.9. The third kappa shape index (κ3) is 3.53. The largest absolute Gasteiger partial charge is 0.377 e. The zero-order valence-corrected chi connectivity index (χ0v) is 12.5. The van der Waals surface area contributed by atoms with E-state index < -0.39 is 0 Å². The summed E-state index contributed by atoms with van der Waals surface area (Å²) in [7, 11) is 0. The third-order valence-corrected chi connectivity index (χ3v) is 3.51. The number of anilines is 1. The van der Waals surface area contributed by atoms with Crippen LogP contribution >= 0.6 is 15.9 Å². The van der Waals surface area contributed by atoms with Crippen molar-refractivity contribution >= 4 is 21.6 Å². The van der Waals surface area contributed by atoms with Gasteiger partial charge in [-0.2, -0.15) is 0 Å². The molecule has 0 aliphatic carbocycles. The SMILES string of the molecule is CCc1cc(Br)ccc1NC(C)c1ccc(F)cn1. The fourth-order valence-electron chi connectivity index (χ4n) is 1.95. The molecule has 0 saturated carbocycles. The molecule has 1 atom stereocenters. The highest BCUT2D eigenvalue weighted by Gasteiger charge is 2.09. The van der Waals surface area contributed by atoms with Gasteiger partial charge in [-0.05, 0) is 49.2 Å². The Kier molecular flexibility index (Phi) is 4.53. The van der Waals surface area contributed by atoms with E-state index in [1.54, 1.807) is 6.07 Å². The first-order chi connectivity index (χ1) is 9.10. The Labute approximate surface area is 121 Å². The highest BCUT2D eigenvalue weighted by molar-refractivity contribution is 9.10. The van der Waals surface area contributed by atoms with Crippen LogP contribution in [0.15, 0.2) is 41.0 Å². The number of aromatic nitrogens is 1. The van der Waals surface area contributed by atoms with E-state index >= 15 is 0 Å². The molecule has 19 heavy (non-hydrogen) atoms. The van der Waals surface area contributed by atoms with E-state index in [0.717, 1.165) is 22.3 Å². The molecule has 0 saturated heterocycles. The quantitative estimate of drug-likeness (QED) is 0.881. The van der Waals surface area contributed by atoms with Gasteiger partial charge in [0.25, 0.3) is 0 Å². The number of nitrogens with one attached hydrogen (secondary N) is 1. The molecule has 0 amide bonds. The Balaban J connectivity index is 2.18. The second kappa shape index (κ2) is 6.15. The van der Waals surface area contributed by atoms with Gasteiger partial charge in [0.15, 0.2) is 0 Å². The van der Waals surface area contributed by atoms with Crippen LogP contribution in [0.1, 0.15) is 31.1 Å². The fourth-order valence-corrected chi connectivity index (χ4v) is 2.35. The maximum absolute atomic E-state index is 12.9. The zero-order valence-electron chi connectivity index (χ0n) is 11.0. The minimum Gasteiger partial charge on any atom is -0.377 e. The molecule has 1 aromatic carbocycles. The van der Waals surface area contributed by atoms with Crippen molar-refractivity contribution in [3.63, 3.8) is 0 Å². The first-order valence-corrected chi connectivity index (χ1v) is 7.06. The van der Waals surface area contributed by atoms with Crippen molar-refractivity contribution in [2.45, 2.75) is 26.3 Å². The summed E-state index contributed by atoms with van der Waals surface area (Å²) in [5.41, 5.74) is 3.15. The summed E-state index contributed by atoms with van der Waals surface area (Å²) in [6, 6.07) is 9.33. The van der Waals surface area contributed by atoms with Gasteiger partial charge >= 0.3 is 0 Å². The highest BCUT2D eigenvalue weighted by atomic mass is 79.9. The molecule has 0 spiro atoms. The zero-order chi connectivity index (χ0) is 13.8. The van der Waals surface area contributed by atoms with Gasteiger partial charge in [-0.25, -0.2) is 4.39 Å². The molecule has 2 nitrogen and oxygen atoms in total.